The molecule has 100 valence electrons. The Kier molecular flexibility index (Phi) is 3.97. The molecule has 1 heterocycles. The highest BCUT2D eigenvalue weighted by atomic mass is 32.2. The molecule has 1 fully saturated rings. The number of rotatable bonds is 6. The zero-order valence-corrected chi connectivity index (χ0v) is 11.8. The second-order valence-corrected chi connectivity index (χ2v) is 5.79. The molecule has 1 atom stereocenters. The van der Waals surface area contributed by atoms with Crippen molar-refractivity contribution < 1.29 is 9.53 Å². The Labute approximate surface area is 111 Å². The molecule has 0 saturated heterocycles. The molecule has 1 aliphatic carbocycles. The van der Waals surface area contributed by atoms with E-state index in [4.69, 9.17) is 4.74 Å². The van der Waals surface area contributed by atoms with E-state index in [2.05, 4.69) is 10.3 Å². The molecular formula is C12H19N3O2S. The van der Waals surface area contributed by atoms with Gasteiger partial charge in [-0.05, 0) is 19.8 Å². The molecule has 1 N–H and O–H groups in total. The van der Waals surface area contributed by atoms with E-state index in [1.807, 2.05) is 24.7 Å². The number of hydrogen-bond donors (Lipinski definition) is 1. The lowest BCUT2D eigenvalue weighted by Gasteiger charge is -2.27. The van der Waals surface area contributed by atoms with Gasteiger partial charge in [-0.3, -0.25) is 10.1 Å². The summed E-state index contributed by atoms with van der Waals surface area (Å²) in [7, 11) is 3.37. The fraction of sp³-hybridized carbons (Fsp3) is 0.667. The molecule has 1 aromatic heterocycles. The van der Waals surface area contributed by atoms with Crippen LogP contribution in [0.5, 0.6) is 0 Å². The highest BCUT2D eigenvalue weighted by Gasteiger charge is 2.39. The number of nitrogens with zero attached hydrogens (tertiary/aromatic N) is 2. The fourth-order valence-corrected chi connectivity index (χ4v) is 2.78. The minimum Gasteiger partial charge on any atom is -0.468 e. The first-order valence-corrected chi connectivity index (χ1v) is 7.00. The van der Waals surface area contributed by atoms with Gasteiger partial charge < -0.3 is 9.30 Å². The van der Waals surface area contributed by atoms with Crippen molar-refractivity contribution >= 4 is 17.7 Å². The van der Waals surface area contributed by atoms with Crippen molar-refractivity contribution in [3.05, 3.63) is 12.4 Å². The number of hydrogen-bond acceptors (Lipinski definition) is 5. The Balaban J connectivity index is 2.00. The first-order chi connectivity index (χ1) is 8.55. The average Bonchev–Trinajstić information content (AvgIpc) is 3.06. The number of methoxy groups -OCH3 is 1. The van der Waals surface area contributed by atoms with E-state index in [-0.39, 0.29) is 5.97 Å². The Morgan fingerprint density at radius 3 is 2.94 bits per heavy atom. The number of carbonyl (C=O) groups is 1. The Bertz CT molecular complexity index is 431. The van der Waals surface area contributed by atoms with Gasteiger partial charge in [-0.2, -0.15) is 0 Å². The maximum atomic E-state index is 11.9. The molecule has 6 heteroatoms. The second kappa shape index (κ2) is 5.32. The van der Waals surface area contributed by atoms with Gasteiger partial charge in [0.25, 0.3) is 0 Å². The van der Waals surface area contributed by atoms with E-state index < -0.39 is 5.54 Å². The van der Waals surface area contributed by atoms with E-state index in [1.54, 1.807) is 18.0 Å². The molecule has 0 aromatic carbocycles. The van der Waals surface area contributed by atoms with E-state index in [0.29, 0.717) is 11.8 Å². The standard InChI is InChI=1S/C12H19N3O2S/c1-12(10(16)17-3,14-9-4-5-9)8-18-11-13-6-7-15(11)2/h6-7,9,14H,4-5,8H2,1-3H3. The minimum absolute atomic E-state index is 0.212. The maximum absolute atomic E-state index is 11.9. The summed E-state index contributed by atoms with van der Waals surface area (Å²) in [6.07, 6.45) is 5.93. The lowest BCUT2D eigenvalue weighted by molar-refractivity contribution is -0.147. The van der Waals surface area contributed by atoms with Crippen molar-refractivity contribution in [1.29, 1.82) is 0 Å². The van der Waals surface area contributed by atoms with E-state index in [9.17, 15) is 4.79 Å². The van der Waals surface area contributed by atoms with Crippen LogP contribution in [0.2, 0.25) is 0 Å². The van der Waals surface area contributed by atoms with Crippen molar-refractivity contribution in [3.63, 3.8) is 0 Å². The summed E-state index contributed by atoms with van der Waals surface area (Å²) in [5.41, 5.74) is -0.646. The monoisotopic (exact) mass is 269 g/mol. The summed E-state index contributed by atoms with van der Waals surface area (Å²) >= 11 is 1.56. The minimum atomic E-state index is -0.646. The van der Waals surface area contributed by atoms with Crippen LogP contribution in [0.1, 0.15) is 19.8 Å². The van der Waals surface area contributed by atoms with Crippen molar-refractivity contribution in [2.75, 3.05) is 12.9 Å². The van der Waals surface area contributed by atoms with Crippen LogP contribution in [-0.4, -0.2) is 40.0 Å². The molecule has 0 spiro atoms. The number of imidazole rings is 1. The molecule has 0 bridgehead atoms. The van der Waals surface area contributed by atoms with Crippen LogP contribution >= 0.6 is 11.8 Å². The third-order valence-corrected chi connectivity index (χ3v) is 4.38. The van der Waals surface area contributed by atoms with Crippen LogP contribution in [0, 0.1) is 0 Å². The third-order valence-electron chi connectivity index (χ3n) is 3.00. The third kappa shape index (κ3) is 3.05. The zero-order chi connectivity index (χ0) is 13.2. The van der Waals surface area contributed by atoms with Crippen LogP contribution in [0.4, 0.5) is 0 Å². The normalized spacial score (nSPS) is 18.4. The van der Waals surface area contributed by atoms with Crippen LogP contribution in [0.3, 0.4) is 0 Å². The summed E-state index contributed by atoms with van der Waals surface area (Å²) in [5.74, 6) is 0.400. The lowest BCUT2D eigenvalue weighted by Crippen LogP contribution is -2.53. The van der Waals surface area contributed by atoms with Crippen molar-refractivity contribution in [3.8, 4) is 0 Å². The number of carbonyl (C=O) groups excluding carboxylic acids is 1. The number of aromatic nitrogens is 2. The van der Waals surface area contributed by atoms with Gasteiger partial charge in [0, 0.05) is 31.2 Å². The summed E-state index contributed by atoms with van der Waals surface area (Å²) in [5, 5.41) is 4.27. The molecule has 1 saturated carbocycles. The number of nitrogens with one attached hydrogen (secondary N) is 1. The average molecular weight is 269 g/mol. The highest BCUT2D eigenvalue weighted by Crippen LogP contribution is 2.27. The highest BCUT2D eigenvalue weighted by molar-refractivity contribution is 7.99. The topological polar surface area (TPSA) is 56.1 Å². The largest absolute Gasteiger partial charge is 0.468 e. The number of ether oxygens (including phenoxy) is 1. The fourth-order valence-electron chi connectivity index (χ4n) is 1.76. The van der Waals surface area contributed by atoms with Gasteiger partial charge >= 0.3 is 5.97 Å². The molecule has 18 heavy (non-hydrogen) atoms. The SMILES string of the molecule is COC(=O)C(C)(CSc1nccn1C)NC1CC1. The molecule has 0 aliphatic heterocycles. The summed E-state index contributed by atoms with van der Waals surface area (Å²) in [6.45, 7) is 1.90. The Hall–Kier alpha value is -1.01. The van der Waals surface area contributed by atoms with Crippen molar-refractivity contribution in [2.45, 2.75) is 36.5 Å². The first-order valence-electron chi connectivity index (χ1n) is 6.01. The van der Waals surface area contributed by atoms with Crippen molar-refractivity contribution in [1.82, 2.24) is 14.9 Å². The van der Waals surface area contributed by atoms with Gasteiger partial charge in [0.15, 0.2) is 5.16 Å². The molecule has 1 aliphatic rings. The molecule has 1 aromatic rings. The van der Waals surface area contributed by atoms with Crippen LogP contribution in [0.25, 0.3) is 0 Å². The molecular weight excluding hydrogens is 250 g/mol. The van der Waals surface area contributed by atoms with Gasteiger partial charge in [-0.15, -0.1) is 0 Å². The molecule has 1 unspecified atom stereocenters. The van der Waals surface area contributed by atoms with Crippen LogP contribution in [-0.2, 0) is 16.6 Å². The van der Waals surface area contributed by atoms with Gasteiger partial charge in [0.1, 0.15) is 5.54 Å². The molecule has 0 amide bonds. The second-order valence-electron chi connectivity index (χ2n) is 4.85. The van der Waals surface area contributed by atoms with Crippen molar-refractivity contribution in [2.24, 2.45) is 7.05 Å². The number of thioether (sulfide) groups is 1. The van der Waals surface area contributed by atoms with E-state index in [1.165, 1.54) is 7.11 Å². The Morgan fingerprint density at radius 2 is 2.44 bits per heavy atom. The van der Waals surface area contributed by atoms with Crippen LogP contribution < -0.4 is 5.32 Å². The van der Waals surface area contributed by atoms with E-state index in [0.717, 1.165) is 18.0 Å². The predicted octanol–water partition coefficient (Wildman–Crippen LogP) is 1.20. The first kappa shape index (κ1) is 13.4. The van der Waals surface area contributed by atoms with Gasteiger partial charge in [0.05, 0.1) is 7.11 Å². The molecule has 0 radical (unpaired) electrons. The van der Waals surface area contributed by atoms with Crippen LogP contribution in [0.15, 0.2) is 17.6 Å². The van der Waals surface area contributed by atoms with Gasteiger partial charge in [-0.1, -0.05) is 11.8 Å². The number of aryl methyl sites for hydroxylation is 1. The molecule has 2 rings (SSSR count). The summed E-state index contributed by atoms with van der Waals surface area (Å²) < 4.78 is 6.85. The van der Waals surface area contributed by atoms with E-state index >= 15 is 0 Å². The Morgan fingerprint density at radius 1 is 1.72 bits per heavy atom. The quantitative estimate of drug-likeness (QED) is 0.621. The zero-order valence-electron chi connectivity index (χ0n) is 11.0. The predicted molar refractivity (Wildman–Crippen MR) is 70.5 cm³/mol. The summed E-state index contributed by atoms with van der Waals surface area (Å²) in [6, 6.07) is 0.455. The lowest BCUT2D eigenvalue weighted by atomic mass is 10.1. The maximum Gasteiger partial charge on any atom is 0.326 e. The molecule has 5 nitrogen and oxygen atoms in total. The van der Waals surface area contributed by atoms with Gasteiger partial charge in [-0.25, -0.2) is 4.98 Å². The smallest absolute Gasteiger partial charge is 0.326 e. The van der Waals surface area contributed by atoms with Gasteiger partial charge in [0.2, 0.25) is 0 Å². The summed E-state index contributed by atoms with van der Waals surface area (Å²) in [4.78, 5) is 16.2. The number of esters is 1.